The van der Waals surface area contributed by atoms with E-state index < -0.39 is 0 Å². The molecular weight excluding hydrogens is 262 g/mol. The summed E-state index contributed by atoms with van der Waals surface area (Å²) in [5.74, 6) is 1.08. The Bertz CT molecular complexity index is 302. The van der Waals surface area contributed by atoms with Crippen LogP contribution in [0.4, 0.5) is 5.69 Å². The van der Waals surface area contributed by atoms with Crippen LogP contribution in [0.2, 0.25) is 0 Å². The monoisotopic (exact) mass is 272 g/mol. The van der Waals surface area contributed by atoms with Gasteiger partial charge in [-0.05, 0) is 12.1 Å². The Morgan fingerprint density at radius 2 is 1.93 bits per heavy atom. The fourth-order valence-electron chi connectivity index (χ4n) is 1.06. The van der Waals surface area contributed by atoms with Crippen LogP contribution in [0.1, 0.15) is 0 Å². The smallest absolute Gasteiger partial charge is 0.175 e. The van der Waals surface area contributed by atoms with Crippen LogP contribution in [0.3, 0.4) is 0 Å². The lowest BCUT2D eigenvalue weighted by molar-refractivity contribution is -0.00000258. The highest BCUT2D eigenvalue weighted by molar-refractivity contribution is 8.14. The Kier molecular flexibility index (Phi) is 4.82. The number of amidine groups is 1. The van der Waals surface area contributed by atoms with Crippen LogP contribution < -0.4 is 27.8 Å². The van der Waals surface area contributed by atoms with E-state index in [-0.39, 0.29) is 17.0 Å². The molecule has 0 radical (unpaired) electrons. The first-order valence-corrected chi connectivity index (χ1v) is 5.18. The molecule has 0 fully saturated rings. The maximum absolute atomic E-state index is 4.26. The summed E-state index contributed by atoms with van der Waals surface area (Å²) in [6, 6.07) is 9.99. The number of rotatable bonds is 2. The van der Waals surface area contributed by atoms with Crippen LogP contribution in [0, 0.1) is 0 Å². The summed E-state index contributed by atoms with van der Waals surface area (Å²) in [5.41, 5.74) is 7.20. The number of aliphatic imine (C=N–C) groups is 1. The van der Waals surface area contributed by atoms with Crippen LogP contribution in [-0.2, 0) is 0 Å². The van der Waals surface area contributed by atoms with Gasteiger partial charge in [-0.3, -0.25) is 15.8 Å². The average Bonchev–Trinajstić information content (AvgIpc) is 2.69. The van der Waals surface area contributed by atoms with Gasteiger partial charge in [0, 0.05) is 5.75 Å². The van der Waals surface area contributed by atoms with Gasteiger partial charge in [0.1, 0.15) is 0 Å². The number of anilines is 1. The Morgan fingerprint density at radius 1 is 1.14 bits per heavy atom. The number of nitrogens with zero attached hydrogens (tertiary/aromatic N) is 1. The third-order valence-corrected chi connectivity index (χ3v) is 2.56. The summed E-state index contributed by atoms with van der Waals surface area (Å²) in [6.07, 6.45) is 0. The first-order chi connectivity index (χ1) is 6.45. The number of para-hydroxylation sites is 1. The molecule has 0 spiro atoms. The van der Waals surface area contributed by atoms with Gasteiger partial charge in [0.25, 0.3) is 0 Å². The Morgan fingerprint density at radius 3 is 2.57 bits per heavy atom. The number of hydrogen-bond acceptors (Lipinski definition) is 4. The second kappa shape index (κ2) is 5.93. The number of nitrogens with one attached hydrogen (secondary N) is 2. The molecule has 1 aromatic rings. The Labute approximate surface area is 98.1 Å². The highest BCUT2D eigenvalue weighted by Gasteiger charge is 2.04. The zero-order valence-electron chi connectivity index (χ0n) is 7.53. The predicted molar refractivity (Wildman–Crippen MR) is 58.0 cm³/mol. The number of halogens is 1. The lowest BCUT2D eigenvalue weighted by Gasteiger charge is -2.07. The van der Waals surface area contributed by atoms with Gasteiger partial charge in [-0.2, -0.15) is 0 Å². The molecule has 1 aliphatic rings. The molecule has 0 saturated carbocycles. The minimum atomic E-state index is 0. The third-order valence-electron chi connectivity index (χ3n) is 1.67. The van der Waals surface area contributed by atoms with Gasteiger partial charge in [0.15, 0.2) is 5.17 Å². The van der Waals surface area contributed by atoms with Gasteiger partial charge in [-0.15, -0.1) is 0 Å². The van der Waals surface area contributed by atoms with Crippen LogP contribution >= 0.6 is 11.8 Å². The van der Waals surface area contributed by atoms with Crippen molar-refractivity contribution in [1.82, 2.24) is 5.43 Å². The molecule has 3 nitrogen and oxygen atoms in total. The molecule has 1 aromatic carbocycles. The van der Waals surface area contributed by atoms with E-state index in [0.717, 1.165) is 23.2 Å². The van der Waals surface area contributed by atoms with Crippen molar-refractivity contribution < 1.29 is 17.0 Å². The number of thioether (sulfide) groups is 1. The maximum Gasteiger partial charge on any atom is 0.175 e. The van der Waals surface area contributed by atoms with Crippen LogP contribution in [0.5, 0.6) is 0 Å². The first-order valence-electron chi connectivity index (χ1n) is 4.19. The standard InChI is InChI=1S/C9H11N3S.BrH/c1-2-4-8(5-3-1)11-12-9-10-6-7-13-9;/h1-5,11H,6-7H2,(H,10,12);1H/p-1. The lowest BCUT2D eigenvalue weighted by atomic mass is 10.3. The van der Waals surface area contributed by atoms with Crippen molar-refractivity contribution >= 4 is 22.6 Å². The largest absolute Gasteiger partial charge is 1.00 e. The molecule has 0 aromatic heterocycles. The summed E-state index contributed by atoms with van der Waals surface area (Å²) < 4.78 is 0. The molecule has 0 saturated heterocycles. The molecule has 1 aliphatic heterocycles. The Balaban J connectivity index is 0.000000980. The molecule has 76 valence electrons. The van der Waals surface area contributed by atoms with E-state index in [2.05, 4.69) is 15.8 Å². The molecule has 5 heteroatoms. The van der Waals surface area contributed by atoms with Crippen LogP contribution in [-0.4, -0.2) is 17.5 Å². The molecule has 0 aliphatic carbocycles. The quantitative estimate of drug-likeness (QED) is 0.658. The topological polar surface area (TPSA) is 36.4 Å². The summed E-state index contributed by atoms with van der Waals surface area (Å²) in [5, 5.41) is 0.976. The minimum absolute atomic E-state index is 0. The molecule has 0 amide bonds. The van der Waals surface area contributed by atoms with Crippen LogP contribution in [0.25, 0.3) is 0 Å². The zero-order chi connectivity index (χ0) is 8.93. The van der Waals surface area contributed by atoms with Crippen molar-refractivity contribution in [1.29, 1.82) is 0 Å². The fourth-order valence-corrected chi connectivity index (χ4v) is 1.74. The molecule has 0 unspecified atom stereocenters. The van der Waals surface area contributed by atoms with E-state index in [4.69, 9.17) is 0 Å². The van der Waals surface area contributed by atoms with E-state index >= 15 is 0 Å². The number of hydrazine groups is 1. The van der Waals surface area contributed by atoms with Crippen molar-refractivity contribution in [3.8, 4) is 0 Å². The normalized spacial score (nSPS) is 14.1. The molecule has 2 N–H and O–H groups in total. The number of benzene rings is 1. The summed E-state index contributed by atoms with van der Waals surface area (Å²) in [4.78, 5) is 4.26. The fraction of sp³-hybridized carbons (Fsp3) is 0.222. The summed E-state index contributed by atoms with van der Waals surface area (Å²) in [7, 11) is 0. The second-order valence-electron chi connectivity index (χ2n) is 2.65. The molecule has 1 heterocycles. The van der Waals surface area contributed by atoms with Crippen molar-refractivity contribution in [2.45, 2.75) is 0 Å². The van der Waals surface area contributed by atoms with E-state index in [9.17, 15) is 0 Å². The first kappa shape index (κ1) is 11.4. The highest BCUT2D eigenvalue weighted by Crippen LogP contribution is 2.09. The molecular formula is C9H11BrN3S-. The molecule has 0 atom stereocenters. The van der Waals surface area contributed by atoms with Crippen molar-refractivity contribution in [3.05, 3.63) is 30.3 Å². The average molecular weight is 273 g/mol. The number of hydrogen-bond donors (Lipinski definition) is 2. The minimum Gasteiger partial charge on any atom is -1.00 e. The SMILES string of the molecule is [Br-].c1ccc(NNC2=NCCS2)cc1. The van der Waals surface area contributed by atoms with Gasteiger partial charge >= 0.3 is 0 Å². The van der Waals surface area contributed by atoms with Gasteiger partial charge in [0.2, 0.25) is 0 Å². The lowest BCUT2D eigenvalue weighted by Crippen LogP contribution is -3.00. The van der Waals surface area contributed by atoms with E-state index in [1.165, 1.54) is 0 Å². The van der Waals surface area contributed by atoms with Gasteiger partial charge in [-0.25, -0.2) is 0 Å². The van der Waals surface area contributed by atoms with Gasteiger partial charge in [0.05, 0.1) is 12.2 Å². The van der Waals surface area contributed by atoms with E-state index in [0.29, 0.717) is 0 Å². The van der Waals surface area contributed by atoms with Gasteiger partial charge < -0.3 is 17.0 Å². The predicted octanol–water partition coefficient (Wildman–Crippen LogP) is -1.29. The van der Waals surface area contributed by atoms with Crippen LogP contribution in [0.15, 0.2) is 35.3 Å². The van der Waals surface area contributed by atoms with E-state index in [1.54, 1.807) is 11.8 Å². The van der Waals surface area contributed by atoms with Crippen molar-refractivity contribution in [3.63, 3.8) is 0 Å². The zero-order valence-corrected chi connectivity index (χ0v) is 9.94. The summed E-state index contributed by atoms with van der Waals surface area (Å²) in [6.45, 7) is 0.920. The van der Waals surface area contributed by atoms with Gasteiger partial charge in [-0.1, -0.05) is 30.0 Å². The van der Waals surface area contributed by atoms with E-state index in [1.807, 2.05) is 30.3 Å². The second-order valence-corrected chi connectivity index (χ2v) is 3.73. The summed E-state index contributed by atoms with van der Waals surface area (Å²) >= 11 is 1.74. The van der Waals surface area contributed by atoms with Crippen molar-refractivity contribution in [2.75, 3.05) is 17.7 Å². The molecule has 2 rings (SSSR count). The Hall–Kier alpha value is -0.680. The highest BCUT2D eigenvalue weighted by atomic mass is 79.9. The molecule has 14 heavy (non-hydrogen) atoms. The third kappa shape index (κ3) is 3.23. The molecule has 0 bridgehead atoms. The van der Waals surface area contributed by atoms with Crippen molar-refractivity contribution in [2.24, 2.45) is 4.99 Å². The maximum atomic E-state index is 4.26.